The van der Waals surface area contributed by atoms with Crippen molar-refractivity contribution in [2.75, 3.05) is 6.61 Å². The van der Waals surface area contributed by atoms with E-state index in [0.29, 0.717) is 42.0 Å². The first-order valence-corrected chi connectivity index (χ1v) is 9.24. The quantitative estimate of drug-likeness (QED) is 0.716. The molecule has 0 bridgehead atoms. The number of carbonyl (C=O) groups excluding carboxylic acids is 1. The highest BCUT2D eigenvalue weighted by molar-refractivity contribution is 7.18. The first kappa shape index (κ1) is 16.7. The van der Waals surface area contributed by atoms with Gasteiger partial charge >= 0.3 is 5.97 Å². The molecule has 1 N–H and O–H groups in total. The van der Waals surface area contributed by atoms with Crippen LogP contribution in [0.25, 0.3) is 21.9 Å². The van der Waals surface area contributed by atoms with Crippen molar-refractivity contribution in [3.05, 3.63) is 44.1 Å². The highest BCUT2D eigenvalue weighted by atomic mass is 32.1. The summed E-state index contributed by atoms with van der Waals surface area (Å²) >= 11 is 1.54. The standard InChI is InChI=1S/C18H18N4O3S/c1-4-25-18(24)14-12(8-19-21-14)7-11-5-6-22-15(11)20-16-13(17(22)23)9(2)10(3)26-16/h7-8H,4-6H2,1-3H3,(H,19,21)/b11-7-. The average Bonchev–Trinajstić information content (AvgIpc) is 3.29. The molecule has 4 rings (SSSR count). The van der Waals surface area contributed by atoms with E-state index in [1.165, 1.54) is 11.3 Å². The van der Waals surface area contributed by atoms with E-state index < -0.39 is 5.97 Å². The van der Waals surface area contributed by atoms with Gasteiger partial charge in [0.05, 0.1) is 18.2 Å². The number of nitrogens with one attached hydrogen (secondary N) is 1. The van der Waals surface area contributed by atoms with Gasteiger partial charge in [0.2, 0.25) is 0 Å². The summed E-state index contributed by atoms with van der Waals surface area (Å²) < 4.78 is 6.76. The third-order valence-electron chi connectivity index (χ3n) is 4.66. The fourth-order valence-corrected chi connectivity index (χ4v) is 4.24. The van der Waals surface area contributed by atoms with E-state index in [4.69, 9.17) is 9.72 Å². The van der Waals surface area contributed by atoms with Crippen LogP contribution >= 0.6 is 11.3 Å². The Morgan fingerprint density at radius 1 is 1.46 bits per heavy atom. The van der Waals surface area contributed by atoms with Crippen molar-refractivity contribution in [2.45, 2.75) is 33.7 Å². The number of ether oxygens (including phenoxy) is 1. The Kier molecular flexibility index (Phi) is 3.99. The maximum atomic E-state index is 12.9. The SMILES string of the molecule is CCOC(=O)c1[nH]ncc1/C=C1/CCn2c1nc1sc(C)c(C)c1c2=O. The summed E-state index contributed by atoms with van der Waals surface area (Å²) in [5, 5.41) is 7.35. The molecule has 0 spiro atoms. The van der Waals surface area contributed by atoms with Gasteiger partial charge < -0.3 is 4.74 Å². The van der Waals surface area contributed by atoms with Crippen molar-refractivity contribution < 1.29 is 9.53 Å². The summed E-state index contributed by atoms with van der Waals surface area (Å²) in [7, 11) is 0. The summed E-state index contributed by atoms with van der Waals surface area (Å²) in [6.07, 6.45) is 4.13. The van der Waals surface area contributed by atoms with E-state index >= 15 is 0 Å². The number of hydrogen-bond donors (Lipinski definition) is 1. The topological polar surface area (TPSA) is 89.9 Å². The molecule has 0 atom stereocenters. The molecule has 0 unspecified atom stereocenters. The number of aromatic nitrogens is 4. The minimum atomic E-state index is -0.444. The molecule has 4 heterocycles. The first-order chi connectivity index (χ1) is 12.5. The molecule has 0 aliphatic carbocycles. The number of thiophene rings is 1. The number of rotatable bonds is 3. The molecule has 0 aromatic carbocycles. The van der Waals surface area contributed by atoms with Crippen LogP contribution in [-0.2, 0) is 11.3 Å². The Bertz CT molecular complexity index is 1120. The monoisotopic (exact) mass is 370 g/mol. The minimum absolute atomic E-state index is 0.00746. The van der Waals surface area contributed by atoms with Crippen molar-refractivity contribution in [3.8, 4) is 0 Å². The van der Waals surface area contributed by atoms with Gasteiger partial charge in [-0.1, -0.05) is 0 Å². The normalized spacial score (nSPS) is 15.0. The maximum absolute atomic E-state index is 12.9. The van der Waals surface area contributed by atoms with Gasteiger partial charge in [-0.3, -0.25) is 14.5 Å². The van der Waals surface area contributed by atoms with Gasteiger partial charge in [-0.15, -0.1) is 11.3 Å². The molecule has 8 heteroatoms. The number of H-pyrrole nitrogens is 1. The Hall–Kier alpha value is -2.74. The third kappa shape index (κ3) is 2.48. The molecule has 3 aromatic rings. The van der Waals surface area contributed by atoms with Crippen molar-refractivity contribution in [1.29, 1.82) is 0 Å². The predicted octanol–water partition coefficient (Wildman–Crippen LogP) is 2.92. The number of fused-ring (bicyclic) bond motifs is 2. The first-order valence-electron chi connectivity index (χ1n) is 8.43. The summed E-state index contributed by atoms with van der Waals surface area (Å²) in [4.78, 5) is 31.5. The highest BCUT2D eigenvalue weighted by Crippen LogP contribution is 2.32. The largest absolute Gasteiger partial charge is 0.461 e. The third-order valence-corrected chi connectivity index (χ3v) is 5.76. The molecule has 0 saturated carbocycles. The molecule has 0 amide bonds. The highest BCUT2D eigenvalue weighted by Gasteiger charge is 2.24. The van der Waals surface area contributed by atoms with Crippen LogP contribution in [0.1, 0.15) is 45.7 Å². The van der Waals surface area contributed by atoms with Crippen LogP contribution in [0.3, 0.4) is 0 Å². The van der Waals surface area contributed by atoms with Crippen molar-refractivity contribution >= 4 is 39.2 Å². The van der Waals surface area contributed by atoms with Gasteiger partial charge in [-0.05, 0) is 44.4 Å². The zero-order chi connectivity index (χ0) is 18.4. The summed E-state index contributed by atoms with van der Waals surface area (Å²) in [6.45, 7) is 6.61. The Balaban J connectivity index is 1.83. The molecule has 0 radical (unpaired) electrons. The zero-order valence-electron chi connectivity index (χ0n) is 14.8. The second-order valence-corrected chi connectivity index (χ2v) is 7.40. The number of hydrogen-bond acceptors (Lipinski definition) is 6. The second kappa shape index (κ2) is 6.21. The molecule has 7 nitrogen and oxygen atoms in total. The number of allylic oxidation sites excluding steroid dienone is 1. The van der Waals surface area contributed by atoms with Gasteiger partial charge in [0.15, 0.2) is 5.69 Å². The molecule has 1 aliphatic rings. The van der Waals surface area contributed by atoms with E-state index in [1.807, 2.05) is 19.9 Å². The van der Waals surface area contributed by atoms with E-state index in [1.54, 1.807) is 17.7 Å². The Morgan fingerprint density at radius 3 is 3.04 bits per heavy atom. The Labute approximate surface area is 153 Å². The number of nitrogens with zero attached hydrogens (tertiary/aromatic N) is 3. The zero-order valence-corrected chi connectivity index (χ0v) is 15.6. The summed E-state index contributed by atoms with van der Waals surface area (Å²) in [5.74, 6) is 0.222. The van der Waals surface area contributed by atoms with Gasteiger partial charge in [-0.2, -0.15) is 5.10 Å². The molecular formula is C18H18N4O3S. The van der Waals surface area contributed by atoms with E-state index in [-0.39, 0.29) is 5.56 Å². The van der Waals surface area contributed by atoms with E-state index in [9.17, 15) is 9.59 Å². The summed E-state index contributed by atoms with van der Waals surface area (Å²) in [6, 6.07) is 0. The molecule has 0 saturated heterocycles. The van der Waals surface area contributed by atoms with Crippen molar-refractivity contribution in [3.63, 3.8) is 0 Å². The van der Waals surface area contributed by atoms with Gasteiger partial charge in [-0.25, -0.2) is 9.78 Å². The van der Waals surface area contributed by atoms with Crippen LogP contribution in [0.4, 0.5) is 0 Å². The lowest BCUT2D eigenvalue weighted by Crippen LogP contribution is -2.20. The molecule has 134 valence electrons. The molecule has 26 heavy (non-hydrogen) atoms. The second-order valence-electron chi connectivity index (χ2n) is 6.20. The number of aromatic amines is 1. The van der Waals surface area contributed by atoms with Crippen LogP contribution in [0, 0.1) is 13.8 Å². The van der Waals surface area contributed by atoms with E-state index in [2.05, 4.69) is 10.2 Å². The molecular weight excluding hydrogens is 352 g/mol. The van der Waals surface area contributed by atoms with Crippen LogP contribution in [0.15, 0.2) is 11.0 Å². The molecule has 3 aromatic heterocycles. The van der Waals surface area contributed by atoms with Crippen LogP contribution in [0.5, 0.6) is 0 Å². The Morgan fingerprint density at radius 2 is 2.27 bits per heavy atom. The average molecular weight is 370 g/mol. The van der Waals surface area contributed by atoms with Crippen LogP contribution in [-0.4, -0.2) is 32.3 Å². The van der Waals surface area contributed by atoms with Gasteiger partial charge in [0.25, 0.3) is 5.56 Å². The lowest BCUT2D eigenvalue weighted by Gasteiger charge is -2.04. The van der Waals surface area contributed by atoms with Gasteiger partial charge in [0, 0.05) is 17.0 Å². The number of esters is 1. The van der Waals surface area contributed by atoms with Crippen molar-refractivity contribution in [2.24, 2.45) is 0 Å². The van der Waals surface area contributed by atoms with Crippen LogP contribution < -0.4 is 5.56 Å². The lowest BCUT2D eigenvalue weighted by atomic mass is 10.1. The van der Waals surface area contributed by atoms with Crippen LogP contribution in [0.2, 0.25) is 0 Å². The lowest BCUT2D eigenvalue weighted by molar-refractivity contribution is 0.0519. The fraction of sp³-hybridized carbons (Fsp3) is 0.333. The smallest absolute Gasteiger partial charge is 0.356 e. The molecule has 0 fully saturated rings. The van der Waals surface area contributed by atoms with E-state index in [0.717, 1.165) is 20.8 Å². The number of aryl methyl sites for hydroxylation is 2. The summed E-state index contributed by atoms with van der Waals surface area (Å²) in [5.41, 5.74) is 2.88. The fourth-order valence-electron chi connectivity index (χ4n) is 3.22. The van der Waals surface area contributed by atoms with Crippen molar-refractivity contribution in [1.82, 2.24) is 19.7 Å². The number of carbonyl (C=O) groups is 1. The van der Waals surface area contributed by atoms with Gasteiger partial charge in [0.1, 0.15) is 10.7 Å². The maximum Gasteiger partial charge on any atom is 0.356 e. The minimum Gasteiger partial charge on any atom is -0.461 e. The molecule has 1 aliphatic heterocycles. The predicted molar refractivity (Wildman–Crippen MR) is 100 cm³/mol.